The van der Waals surface area contributed by atoms with Crippen LogP contribution < -0.4 is 4.90 Å². The Morgan fingerprint density at radius 1 is 0.426 bits per heavy atom. The van der Waals surface area contributed by atoms with E-state index in [1.54, 1.807) is 6.07 Å². The largest absolute Gasteiger partial charge is 0.307 e. The predicted octanol–water partition coefficient (Wildman–Crippen LogP) is 14.3. The number of fused-ring (bicyclic) bond motifs is 4. The van der Waals surface area contributed by atoms with Crippen LogP contribution in [0.25, 0.3) is 45.6 Å². The molecule has 2 heteroatoms. The normalized spacial score (nSPS) is 14.9. The van der Waals surface area contributed by atoms with Gasteiger partial charge in [0.05, 0.1) is 5.69 Å². The summed E-state index contributed by atoms with van der Waals surface area (Å²) >= 11 is 0. The number of halogens is 1. The molecule has 9 rings (SSSR count). The number of hydrogen-bond donors (Lipinski definition) is 0. The highest BCUT2D eigenvalue weighted by molar-refractivity contribution is 6.09. The van der Waals surface area contributed by atoms with Gasteiger partial charge in [-0.1, -0.05) is 173 Å². The van der Waals surface area contributed by atoms with Gasteiger partial charge in [0.1, 0.15) is 5.82 Å². The van der Waals surface area contributed by atoms with Crippen molar-refractivity contribution in [3.05, 3.63) is 209 Å². The summed E-state index contributed by atoms with van der Waals surface area (Å²) in [6.45, 7) is 9.48. The molecule has 0 N–H and O–H groups in total. The van der Waals surface area contributed by atoms with E-state index < -0.39 is 0 Å². The van der Waals surface area contributed by atoms with E-state index in [2.05, 4.69) is 113 Å². The highest BCUT2D eigenvalue weighted by Gasteiger charge is 2.49. The van der Waals surface area contributed by atoms with Crippen LogP contribution in [0, 0.1) is 5.82 Å². The lowest BCUT2D eigenvalue weighted by molar-refractivity contribution is 0.630. The lowest BCUT2D eigenvalue weighted by Crippen LogP contribution is -2.19. The molecule has 0 atom stereocenters. The van der Waals surface area contributed by atoms with Crippen molar-refractivity contribution in [2.75, 3.05) is 4.90 Å². The van der Waals surface area contributed by atoms with Gasteiger partial charge in [-0.25, -0.2) is 4.39 Å². The molecule has 2 aliphatic rings. The molecule has 0 amide bonds. The van der Waals surface area contributed by atoms with E-state index in [1.807, 2.05) is 95.9 Å². The molecule has 7 aromatic carbocycles. The first kappa shape index (κ1) is 33.6. The summed E-state index contributed by atoms with van der Waals surface area (Å²) in [5, 5.41) is 0. The van der Waals surface area contributed by atoms with Crippen LogP contribution in [-0.4, -0.2) is 0 Å². The second-order valence-electron chi connectivity index (χ2n) is 15.5. The minimum absolute atomic E-state index is 0.0319. The van der Waals surface area contributed by atoms with E-state index in [0.29, 0.717) is 5.69 Å². The Balaban J connectivity index is 1.07. The molecule has 0 aromatic heterocycles. The molecule has 54 heavy (non-hydrogen) atoms. The van der Waals surface area contributed by atoms with Crippen LogP contribution in [-0.2, 0) is 10.8 Å². The van der Waals surface area contributed by atoms with Crippen molar-refractivity contribution in [3.8, 4) is 22.3 Å². The molecule has 0 aliphatic heterocycles. The first-order valence-electron chi connectivity index (χ1n) is 18.8. The van der Waals surface area contributed by atoms with Gasteiger partial charge >= 0.3 is 0 Å². The third kappa shape index (κ3) is 5.53. The average Bonchev–Trinajstić information content (AvgIpc) is 3.60. The monoisotopic (exact) mass is 699 g/mol. The van der Waals surface area contributed by atoms with Crippen molar-refractivity contribution < 1.29 is 4.39 Å². The highest BCUT2D eigenvalue weighted by atomic mass is 19.1. The van der Waals surface area contributed by atoms with Crippen LogP contribution in [0.4, 0.5) is 21.5 Å². The molecular weight excluding hydrogens is 658 g/mol. The maximum atomic E-state index is 16.8. The van der Waals surface area contributed by atoms with E-state index in [9.17, 15) is 0 Å². The Hall–Kier alpha value is -6.25. The zero-order valence-electron chi connectivity index (χ0n) is 31.1. The topological polar surface area (TPSA) is 3.24 Å². The molecule has 0 heterocycles. The Bertz CT molecular complexity index is 2580. The molecule has 0 radical (unpaired) electrons. The maximum absolute atomic E-state index is 16.8. The Kier molecular flexibility index (Phi) is 8.08. The van der Waals surface area contributed by atoms with Gasteiger partial charge in [-0.2, -0.15) is 0 Å². The number of anilines is 3. The highest BCUT2D eigenvalue weighted by Crippen LogP contribution is 2.62. The molecule has 0 spiro atoms. The predicted molar refractivity (Wildman–Crippen MR) is 227 cm³/mol. The van der Waals surface area contributed by atoms with Crippen LogP contribution in [0.3, 0.4) is 0 Å². The van der Waals surface area contributed by atoms with E-state index in [1.165, 1.54) is 39.0 Å². The van der Waals surface area contributed by atoms with Crippen LogP contribution >= 0.6 is 0 Å². The molecular formula is C52H42FN. The van der Waals surface area contributed by atoms with E-state index >= 15 is 4.39 Å². The second kappa shape index (κ2) is 13.0. The fourth-order valence-corrected chi connectivity index (χ4v) is 8.86. The summed E-state index contributed by atoms with van der Waals surface area (Å²) in [4.78, 5) is 2.04. The zero-order valence-corrected chi connectivity index (χ0v) is 31.1. The number of rotatable bonds is 7. The number of para-hydroxylation sites is 1. The van der Waals surface area contributed by atoms with Crippen LogP contribution in [0.15, 0.2) is 170 Å². The lowest BCUT2D eigenvalue weighted by Gasteiger charge is -2.29. The van der Waals surface area contributed by atoms with Crippen molar-refractivity contribution in [1.82, 2.24) is 0 Å². The van der Waals surface area contributed by atoms with Crippen LogP contribution in [0.1, 0.15) is 61.1 Å². The molecule has 7 aromatic rings. The summed E-state index contributed by atoms with van der Waals surface area (Å²) in [6.07, 6.45) is 4.38. The van der Waals surface area contributed by atoms with Gasteiger partial charge < -0.3 is 4.90 Å². The first-order chi connectivity index (χ1) is 26.2. The molecule has 262 valence electrons. The minimum atomic E-state index is -0.282. The quantitative estimate of drug-likeness (QED) is 0.150. The average molecular weight is 700 g/mol. The molecule has 0 bridgehead atoms. The van der Waals surface area contributed by atoms with E-state index in [0.717, 1.165) is 39.2 Å². The third-order valence-corrected chi connectivity index (χ3v) is 11.5. The van der Waals surface area contributed by atoms with Crippen molar-refractivity contribution in [2.45, 2.75) is 38.5 Å². The number of allylic oxidation sites excluding steroid dienone is 2. The van der Waals surface area contributed by atoms with Crippen LogP contribution in [0.2, 0.25) is 0 Å². The number of nitrogens with zero attached hydrogens (tertiary/aromatic N) is 1. The standard InChI is InChI=1S/C52H42FN/c1-51(2)45-23-15-14-22-42(45)48-49(51)43-31-28-36(32-46(43)52(48,3)4)25-24-35-26-29-41(30-27-35)54(40-20-12-7-13-21-40)50-44(38-18-10-6-11-19-38)33-39(34-47(50)53)37-16-8-5-9-17-37/h5-34H,1-4H3/b25-24+. The SMILES string of the molecule is CC1(C)C2=C(c3ccccc31)C(C)(C)c1cc(/C=C/c3ccc(N(c4ccccc4)c4c(F)cc(-c5ccccc5)cc4-c4ccccc4)cc3)ccc12. The molecule has 0 saturated heterocycles. The Morgan fingerprint density at radius 2 is 0.944 bits per heavy atom. The summed E-state index contributed by atoms with van der Waals surface area (Å²) in [7, 11) is 0. The smallest absolute Gasteiger partial charge is 0.148 e. The van der Waals surface area contributed by atoms with Gasteiger partial charge in [-0.3, -0.25) is 0 Å². The molecule has 0 saturated carbocycles. The molecule has 1 nitrogen and oxygen atoms in total. The minimum Gasteiger partial charge on any atom is -0.307 e. The van der Waals surface area contributed by atoms with Gasteiger partial charge in [0, 0.05) is 27.8 Å². The number of benzene rings is 7. The van der Waals surface area contributed by atoms with Crippen molar-refractivity contribution in [1.29, 1.82) is 0 Å². The third-order valence-electron chi connectivity index (χ3n) is 11.5. The van der Waals surface area contributed by atoms with Crippen molar-refractivity contribution >= 4 is 40.4 Å². The van der Waals surface area contributed by atoms with E-state index in [-0.39, 0.29) is 16.6 Å². The van der Waals surface area contributed by atoms with Gasteiger partial charge in [0.15, 0.2) is 0 Å². The Morgan fingerprint density at radius 3 is 1.63 bits per heavy atom. The van der Waals surface area contributed by atoms with Gasteiger partial charge in [0.25, 0.3) is 0 Å². The van der Waals surface area contributed by atoms with Crippen LogP contribution in [0.5, 0.6) is 0 Å². The van der Waals surface area contributed by atoms with Gasteiger partial charge in [-0.15, -0.1) is 0 Å². The summed E-state index contributed by atoms with van der Waals surface area (Å²) in [5.41, 5.74) is 16.5. The number of hydrogen-bond acceptors (Lipinski definition) is 1. The van der Waals surface area contributed by atoms with Crippen molar-refractivity contribution in [3.63, 3.8) is 0 Å². The first-order valence-corrected chi connectivity index (χ1v) is 18.8. The fourth-order valence-electron chi connectivity index (χ4n) is 8.86. The summed E-state index contributed by atoms with van der Waals surface area (Å²) < 4.78 is 16.8. The fraction of sp³-hybridized carbons (Fsp3) is 0.115. The van der Waals surface area contributed by atoms with Gasteiger partial charge in [0.2, 0.25) is 0 Å². The molecule has 0 fully saturated rings. The second-order valence-corrected chi connectivity index (χ2v) is 15.5. The lowest BCUT2D eigenvalue weighted by atomic mass is 9.75. The molecule has 2 aliphatic carbocycles. The Labute approximate surface area is 318 Å². The molecule has 0 unspecified atom stereocenters. The summed E-state index contributed by atoms with van der Waals surface area (Å²) in [6, 6.07) is 58.2. The van der Waals surface area contributed by atoms with Crippen molar-refractivity contribution in [2.24, 2.45) is 0 Å². The zero-order chi connectivity index (χ0) is 37.0. The maximum Gasteiger partial charge on any atom is 0.148 e. The summed E-state index contributed by atoms with van der Waals surface area (Å²) in [5.74, 6) is -0.282. The van der Waals surface area contributed by atoms with E-state index in [4.69, 9.17) is 0 Å². The van der Waals surface area contributed by atoms with Gasteiger partial charge in [-0.05, 0) is 97.6 Å².